The molecular weight excluding hydrogens is 364 g/mol. The van der Waals surface area contributed by atoms with Crippen molar-refractivity contribution in [2.24, 2.45) is 0 Å². The summed E-state index contributed by atoms with van der Waals surface area (Å²) in [7, 11) is 0. The Labute approximate surface area is 162 Å². The zero-order valence-corrected chi connectivity index (χ0v) is 15.6. The molecule has 0 radical (unpaired) electrons. The van der Waals surface area contributed by atoms with Crippen LogP contribution in [-0.2, 0) is 11.2 Å². The molecular formula is C21H21ClN2O3. The van der Waals surface area contributed by atoms with Gasteiger partial charge in [0.05, 0.1) is 13.2 Å². The van der Waals surface area contributed by atoms with Gasteiger partial charge in [0.25, 0.3) is 0 Å². The predicted octanol–water partition coefficient (Wildman–Crippen LogP) is 4.41. The minimum absolute atomic E-state index is 0.0756. The van der Waals surface area contributed by atoms with E-state index in [2.05, 4.69) is 5.32 Å². The van der Waals surface area contributed by atoms with Crippen LogP contribution in [0.25, 0.3) is 11.0 Å². The number of nitrogens with zero attached hydrogens (tertiary/aromatic N) is 1. The second-order valence-electron chi connectivity index (χ2n) is 6.59. The molecule has 2 aromatic carbocycles. The van der Waals surface area contributed by atoms with Gasteiger partial charge < -0.3 is 19.4 Å². The number of hydrogen-bond acceptors (Lipinski definition) is 3. The molecule has 0 aliphatic carbocycles. The summed E-state index contributed by atoms with van der Waals surface area (Å²) in [5.41, 5.74) is 1.90. The van der Waals surface area contributed by atoms with Crippen LogP contribution in [-0.4, -0.2) is 37.2 Å². The predicted molar refractivity (Wildman–Crippen MR) is 105 cm³/mol. The maximum atomic E-state index is 12.5. The lowest BCUT2D eigenvalue weighted by Gasteiger charge is -2.33. The number of amides is 2. The van der Waals surface area contributed by atoms with Gasteiger partial charge in [-0.25, -0.2) is 4.79 Å². The largest absolute Gasteiger partial charge is 0.461 e. The van der Waals surface area contributed by atoms with Crippen LogP contribution >= 0.6 is 11.6 Å². The van der Waals surface area contributed by atoms with Crippen LogP contribution in [0.4, 0.5) is 4.79 Å². The first-order chi connectivity index (χ1) is 13.2. The summed E-state index contributed by atoms with van der Waals surface area (Å²) < 4.78 is 11.6. The standard InChI is InChI=1S/C21H21ClN2O3/c22-17-7-5-15(6-8-17)20-14-24(11-12-26-20)21(25)23-10-9-18-13-16-3-1-2-4-19(16)27-18/h1-8,13,20H,9-12,14H2,(H,23,25)/t20-/m0/s1. The highest BCUT2D eigenvalue weighted by Gasteiger charge is 2.25. The van der Waals surface area contributed by atoms with E-state index in [0.29, 0.717) is 37.7 Å². The number of benzene rings is 2. The number of urea groups is 1. The molecule has 6 heteroatoms. The van der Waals surface area contributed by atoms with Crippen molar-refractivity contribution in [2.75, 3.05) is 26.2 Å². The number of rotatable bonds is 4. The van der Waals surface area contributed by atoms with Crippen LogP contribution in [0.3, 0.4) is 0 Å². The van der Waals surface area contributed by atoms with E-state index in [1.165, 1.54) is 0 Å². The summed E-state index contributed by atoms with van der Waals surface area (Å²) in [5.74, 6) is 0.873. The van der Waals surface area contributed by atoms with Crippen LogP contribution in [0, 0.1) is 0 Å². The molecule has 4 rings (SSSR count). The van der Waals surface area contributed by atoms with Crippen LogP contribution in [0.1, 0.15) is 17.4 Å². The number of morpholine rings is 1. The molecule has 3 aromatic rings. The van der Waals surface area contributed by atoms with Crippen molar-refractivity contribution in [1.29, 1.82) is 0 Å². The van der Waals surface area contributed by atoms with E-state index in [-0.39, 0.29) is 12.1 Å². The SMILES string of the molecule is O=C(NCCc1cc2ccccc2o1)N1CCO[C@H](c2ccc(Cl)cc2)C1. The van der Waals surface area contributed by atoms with Crippen LogP contribution < -0.4 is 5.32 Å². The van der Waals surface area contributed by atoms with E-state index in [4.69, 9.17) is 20.8 Å². The van der Waals surface area contributed by atoms with Gasteiger partial charge in [0.2, 0.25) is 0 Å². The zero-order valence-electron chi connectivity index (χ0n) is 14.9. The Hall–Kier alpha value is -2.50. The third-order valence-electron chi connectivity index (χ3n) is 4.72. The van der Waals surface area contributed by atoms with Gasteiger partial charge >= 0.3 is 6.03 Å². The monoisotopic (exact) mass is 384 g/mol. The van der Waals surface area contributed by atoms with Crippen molar-refractivity contribution in [2.45, 2.75) is 12.5 Å². The number of ether oxygens (including phenoxy) is 1. The molecule has 1 aliphatic heterocycles. The number of hydrogen-bond donors (Lipinski definition) is 1. The molecule has 5 nitrogen and oxygen atoms in total. The van der Waals surface area contributed by atoms with Gasteiger partial charge in [-0.1, -0.05) is 41.9 Å². The van der Waals surface area contributed by atoms with Gasteiger partial charge in [-0.15, -0.1) is 0 Å². The van der Waals surface area contributed by atoms with Crippen molar-refractivity contribution in [3.05, 3.63) is 70.9 Å². The maximum Gasteiger partial charge on any atom is 0.317 e. The first kappa shape index (κ1) is 17.9. The molecule has 0 spiro atoms. The third kappa shape index (κ3) is 4.26. The van der Waals surface area contributed by atoms with E-state index in [0.717, 1.165) is 22.3 Å². The Balaban J connectivity index is 1.30. The van der Waals surface area contributed by atoms with Crippen molar-refractivity contribution in [1.82, 2.24) is 10.2 Å². The molecule has 1 aliphatic rings. The average molecular weight is 385 g/mol. The number of para-hydroxylation sites is 1. The van der Waals surface area contributed by atoms with Crippen LogP contribution in [0.15, 0.2) is 59.0 Å². The number of carbonyl (C=O) groups is 1. The highest BCUT2D eigenvalue weighted by atomic mass is 35.5. The number of carbonyl (C=O) groups excluding carboxylic acids is 1. The number of nitrogens with one attached hydrogen (secondary N) is 1. The molecule has 0 unspecified atom stereocenters. The average Bonchev–Trinajstić information content (AvgIpc) is 3.11. The smallest absolute Gasteiger partial charge is 0.317 e. The van der Waals surface area contributed by atoms with Gasteiger partial charge in [0.1, 0.15) is 17.4 Å². The third-order valence-corrected chi connectivity index (χ3v) is 4.97. The van der Waals surface area contributed by atoms with Gasteiger partial charge in [-0.05, 0) is 29.8 Å². The fourth-order valence-electron chi connectivity index (χ4n) is 3.28. The Bertz CT molecular complexity index is 890. The summed E-state index contributed by atoms with van der Waals surface area (Å²) >= 11 is 5.94. The summed E-state index contributed by atoms with van der Waals surface area (Å²) in [5, 5.41) is 4.75. The quantitative estimate of drug-likeness (QED) is 0.724. The molecule has 1 aromatic heterocycles. The normalized spacial score (nSPS) is 17.2. The molecule has 27 heavy (non-hydrogen) atoms. The van der Waals surface area contributed by atoms with E-state index in [9.17, 15) is 4.79 Å². The molecule has 0 saturated carbocycles. The molecule has 2 heterocycles. The van der Waals surface area contributed by atoms with Crippen LogP contribution in [0.5, 0.6) is 0 Å². The Morgan fingerprint density at radius 2 is 2.00 bits per heavy atom. The fourth-order valence-corrected chi connectivity index (χ4v) is 3.40. The second-order valence-corrected chi connectivity index (χ2v) is 7.03. The van der Waals surface area contributed by atoms with E-state index in [1.54, 1.807) is 4.90 Å². The van der Waals surface area contributed by atoms with Gasteiger partial charge in [0.15, 0.2) is 0 Å². The fraction of sp³-hybridized carbons (Fsp3) is 0.286. The van der Waals surface area contributed by atoms with E-state index >= 15 is 0 Å². The molecule has 2 amide bonds. The summed E-state index contributed by atoms with van der Waals surface area (Å²) in [4.78, 5) is 14.3. The Kier molecular flexibility index (Phi) is 5.32. The number of halogens is 1. The summed E-state index contributed by atoms with van der Waals surface area (Å²) in [6.45, 7) is 2.16. The molecule has 0 bridgehead atoms. The maximum absolute atomic E-state index is 12.5. The van der Waals surface area contributed by atoms with Gasteiger partial charge in [0, 0.05) is 29.9 Å². The van der Waals surface area contributed by atoms with Crippen molar-refractivity contribution < 1.29 is 13.9 Å². The number of fused-ring (bicyclic) bond motifs is 1. The Morgan fingerprint density at radius 1 is 1.19 bits per heavy atom. The zero-order chi connectivity index (χ0) is 18.6. The lowest BCUT2D eigenvalue weighted by molar-refractivity contribution is -0.0154. The Morgan fingerprint density at radius 3 is 2.81 bits per heavy atom. The lowest BCUT2D eigenvalue weighted by atomic mass is 10.1. The summed E-state index contributed by atoms with van der Waals surface area (Å²) in [6.07, 6.45) is 0.530. The van der Waals surface area contributed by atoms with Crippen LogP contribution in [0.2, 0.25) is 5.02 Å². The van der Waals surface area contributed by atoms with E-state index in [1.807, 2.05) is 54.6 Å². The molecule has 1 saturated heterocycles. The second kappa shape index (κ2) is 8.03. The van der Waals surface area contributed by atoms with Gasteiger partial charge in [-0.3, -0.25) is 0 Å². The van der Waals surface area contributed by atoms with Crippen molar-refractivity contribution in [3.8, 4) is 0 Å². The minimum Gasteiger partial charge on any atom is -0.461 e. The van der Waals surface area contributed by atoms with Gasteiger partial charge in [-0.2, -0.15) is 0 Å². The van der Waals surface area contributed by atoms with E-state index < -0.39 is 0 Å². The first-order valence-corrected chi connectivity index (χ1v) is 9.44. The van der Waals surface area contributed by atoms with Crippen molar-refractivity contribution in [3.63, 3.8) is 0 Å². The molecule has 1 fully saturated rings. The molecule has 1 atom stereocenters. The van der Waals surface area contributed by atoms with Crippen molar-refractivity contribution >= 4 is 28.6 Å². The summed E-state index contributed by atoms with van der Waals surface area (Å²) in [6, 6.07) is 17.4. The molecule has 140 valence electrons. The first-order valence-electron chi connectivity index (χ1n) is 9.06. The molecule has 1 N–H and O–H groups in total. The highest BCUT2D eigenvalue weighted by molar-refractivity contribution is 6.30. The minimum atomic E-state index is -0.128. The topological polar surface area (TPSA) is 54.7 Å². The number of furan rings is 1. The lowest BCUT2D eigenvalue weighted by Crippen LogP contribution is -2.47. The highest BCUT2D eigenvalue weighted by Crippen LogP contribution is 2.24.